The van der Waals surface area contributed by atoms with Gasteiger partial charge >= 0.3 is 0 Å². The minimum atomic E-state index is -1.05. The maximum atomic E-state index is 11.7. The summed E-state index contributed by atoms with van der Waals surface area (Å²) in [4.78, 5) is 2.10. The van der Waals surface area contributed by atoms with Gasteiger partial charge in [0.1, 0.15) is 5.75 Å². The standard InChI is InChI=1S/C19H24ClNO2/c1-4-18-6-5-13(10-18)17(11-21(2)3)19(23,12-18)14-7-15(20)9-16(22)8-14/h4-5,7-9,17,22-23H,1,6,10-12H2,2-3H3. The fourth-order valence-corrected chi connectivity index (χ4v) is 4.47. The maximum Gasteiger partial charge on any atom is 0.117 e. The van der Waals surface area contributed by atoms with Gasteiger partial charge in [-0.1, -0.05) is 29.3 Å². The lowest BCUT2D eigenvalue weighted by molar-refractivity contribution is -0.0646. The van der Waals surface area contributed by atoms with Crippen molar-refractivity contribution >= 4 is 11.6 Å². The van der Waals surface area contributed by atoms with Crippen molar-refractivity contribution in [3.8, 4) is 5.75 Å². The van der Waals surface area contributed by atoms with Crippen LogP contribution in [-0.4, -0.2) is 35.8 Å². The first kappa shape index (κ1) is 16.6. The normalized spacial score (nSPS) is 32.9. The zero-order valence-corrected chi connectivity index (χ0v) is 14.5. The number of phenols is 1. The summed E-state index contributed by atoms with van der Waals surface area (Å²) in [5, 5.41) is 22.1. The molecule has 2 aliphatic carbocycles. The molecule has 2 N–H and O–H groups in total. The van der Waals surface area contributed by atoms with Gasteiger partial charge in [0.25, 0.3) is 0 Å². The number of halogens is 1. The number of phenolic OH excluding ortho intramolecular Hbond substituents is 1. The van der Waals surface area contributed by atoms with E-state index in [2.05, 4.69) is 17.6 Å². The molecule has 0 heterocycles. The Morgan fingerprint density at radius 3 is 2.74 bits per heavy atom. The van der Waals surface area contributed by atoms with Crippen molar-refractivity contribution in [2.24, 2.45) is 11.3 Å². The average Bonchev–Trinajstić information content (AvgIpc) is 2.83. The summed E-state index contributed by atoms with van der Waals surface area (Å²) in [6.07, 6.45) is 6.73. The molecule has 1 aromatic rings. The van der Waals surface area contributed by atoms with Crippen molar-refractivity contribution in [2.45, 2.75) is 24.9 Å². The zero-order chi connectivity index (χ0) is 16.8. The van der Waals surface area contributed by atoms with Crippen molar-refractivity contribution in [1.29, 1.82) is 0 Å². The van der Waals surface area contributed by atoms with E-state index in [-0.39, 0.29) is 17.1 Å². The number of fused-ring (bicyclic) bond motifs is 2. The number of aromatic hydroxyl groups is 1. The van der Waals surface area contributed by atoms with Gasteiger partial charge in [-0.25, -0.2) is 0 Å². The molecule has 3 atom stereocenters. The molecule has 1 saturated carbocycles. The Morgan fingerprint density at radius 1 is 1.39 bits per heavy atom. The van der Waals surface area contributed by atoms with Gasteiger partial charge in [-0.15, -0.1) is 6.58 Å². The molecule has 4 heteroatoms. The van der Waals surface area contributed by atoms with Crippen LogP contribution in [0.25, 0.3) is 0 Å². The SMILES string of the molecule is C=CC12CC=C(C1)C(CN(C)C)C(O)(c1cc(O)cc(Cl)c1)C2. The first-order valence-corrected chi connectivity index (χ1v) is 8.35. The van der Waals surface area contributed by atoms with Crippen LogP contribution in [0.2, 0.25) is 5.02 Å². The molecule has 3 rings (SSSR count). The summed E-state index contributed by atoms with van der Waals surface area (Å²) >= 11 is 6.13. The molecule has 2 bridgehead atoms. The molecule has 0 spiro atoms. The number of nitrogens with zero attached hydrogens (tertiary/aromatic N) is 1. The quantitative estimate of drug-likeness (QED) is 0.826. The van der Waals surface area contributed by atoms with E-state index in [9.17, 15) is 10.2 Å². The van der Waals surface area contributed by atoms with Crippen molar-refractivity contribution in [1.82, 2.24) is 4.90 Å². The minimum absolute atomic E-state index is 0.00839. The van der Waals surface area contributed by atoms with Gasteiger partial charge in [0.15, 0.2) is 0 Å². The van der Waals surface area contributed by atoms with Crippen molar-refractivity contribution in [3.05, 3.63) is 53.1 Å². The van der Waals surface area contributed by atoms with Gasteiger partial charge < -0.3 is 15.1 Å². The lowest BCUT2D eigenvalue weighted by Crippen LogP contribution is -2.47. The molecule has 124 valence electrons. The first-order valence-electron chi connectivity index (χ1n) is 7.98. The number of hydrogen-bond acceptors (Lipinski definition) is 3. The largest absolute Gasteiger partial charge is 0.508 e. The van der Waals surface area contributed by atoms with Crippen LogP contribution in [0.1, 0.15) is 24.8 Å². The van der Waals surface area contributed by atoms with Crippen molar-refractivity contribution in [3.63, 3.8) is 0 Å². The van der Waals surface area contributed by atoms with E-state index in [0.29, 0.717) is 17.0 Å². The smallest absolute Gasteiger partial charge is 0.117 e. The minimum Gasteiger partial charge on any atom is -0.508 e. The summed E-state index contributed by atoms with van der Waals surface area (Å²) < 4.78 is 0. The average molecular weight is 334 g/mol. The number of allylic oxidation sites excluding steroid dienone is 2. The van der Waals surface area contributed by atoms with Gasteiger partial charge in [-0.3, -0.25) is 0 Å². The Hall–Kier alpha value is -1.29. The topological polar surface area (TPSA) is 43.7 Å². The summed E-state index contributed by atoms with van der Waals surface area (Å²) in [5.41, 5.74) is 0.826. The van der Waals surface area contributed by atoms with Gasteiger partial charge in [-0.05, 0) is 62.5 Å². The highest BCUT2D eigenvalue weighted by molar-refractivity contribution is 6.30. The number of benzene rings is 1. The second-order valence-electron chi connectivity index (χ2n) is 7.34. The molecule has 0 saturated heterocycles. The molecule has 1 aromatic carbocycles. The molecular weight excluding hydrogens is 310 g/mol. The Balaban J connectivity index is 2.11. The van der Waals surface area contributed by atoms with Crippen LogP contribution < -0.4 is 0 Å². The molecule has 0 aliphatic heterocycles. The molecule has 3 nitrogen and oxygen atoms in total. The first-order chi connectivity index (χ1) is 10.8. The highest BCUT2D eigenvalue weighted by Gasteiger charge is 2.53. The van der Waals surface area contributed by atoms with Gasteiger partial charge in [0.05, 0.1) is 5.60 Å². The number of aliphatic hydroxyl groups is 1. The van der Waals surface area contributed by atoms with Crippen LogP contribution >= 0.6 is 11.6 Å². The summed E-state index contributed by atoms with van der Waals surface area (Å²) in [6.45, 7) is 4.76. The Labute approximate surface area is 142 Å². The van der Waals surface area contributed by atoms with Crippen molar-refractivity contribution in [2.75, 3.05) is 20.6 Å². The van der Waals surface area contributed by atoms with Crippen LogP contribution in [0.4, 0.5) is 0 Å². The predicted octanol–water partition coefficient (Wildman–Crippen LogP) is 3.71. The molecule has 23 heavy (non-hydrogen) atoms. The third kappa shape index (κ3) is 2.82. The lowest BCUT2D eigenvalue weighted by Gasteiger charge is -2.48. The summed E-state index contributed by atoms with van der Waals surface area (Å²) in [6, 6.07) is 4.90. The van der Waals surface area contributed by atoms with Crippen LogP contribution in [0.3, 0.4) is 0 Å². The third-order valence-electron chi connectivity index (χ3n) is 5.34. The maximum absolute atomic E-state index is 11.7. The van der Waals surface area contributed by atoms with Crippen LogP contribution in [0.5, 0.6) is 5.75 Å². The van der Waals surface area contributed by atoms with Gasteiger partial charge in [0, 0.05) is 17.5 Å². The fourth-order valence-electron chi connectivity index (χ4n) is 4.24. The van der Waals surface area contributed by atoms with Gasteiger partial charge in [0.2, 0.25) is 0 Å². The van der Waals surface area contributed by atoms with E-state index in [1.807, 2.05) is 20.2 Å². The van der Waals surface area contributed by atoms with Gasteiger partial charge in [-0.2, -0.15) is 0 Å². The number of rotatable bonds is 4. The van der Waals surface area contributed by atoms with Crippen molar-refractivity contribution < 1.29 is 10.2 Å². The van der Waals surface area contributed by atoms with E-state index in [4.69, 9.17) is 11.6 Å². The highest BCUT2D eigenvalue weighted by Crippen LogP contribution is 2.58. The molecule has 0 amide bonds. The zero-order valence-electron chi connectivity index (χ0n) is 13.7. The molecular formula is C19H24ClNO2. The van der Waals surface area contributed by atoms with Crippen LogP contribution in [-0.2, 0) is 5.60 Å². The Morgan fingerprint density at radius 2 is 2.13 bits per heavy atom. The highest BCUT2D eigenvalue weighted by atomic mass is 35.5. The molecule has 0 radical (unpaired) electrons. The third-order valence-corrected chi connectivity index (χ3v) is 5.55. The summed E-state index contributed by atoms with van der Waals surface area (Å²) in [5.74, 6) is 0.0787. The van der Waals surface area contributed by atoms with E-state index < -0.39 is 5.60 Å². The van der Waals surface area contributed by atoms with E-state index in [0.717, 1.165) is 19.4 Å². The molecule has 0 aromatic heterocycles. The number of hydrogen-bond donors (Lipinski definition) is 2. The predicted molar refractivity (Wildman–Crippen MR) is 93.6 cm³/mol. The second kappa shape index (κ2) is 5.66. The molecule has 3 unspecified atom stereocenters. The lowest BCUT2D eigenvalue weighted by atomic mass is 9.61. The van der Waals surface area contributed by atoms with Crippen LogP contribution in [0.15, 0.2) is 42.5 Å². The monoisotopic (exact) mass is 333 g/mol. The van der Waals surface area contributed by atoms with Crippen LogP contribution in [0, 0.1) is 11.3 Å². The van der Waals surface area contributed by atoms with E-state index in [1.165, 1.54) is 11.6 Å². The summed E-state index contributed by atoms with van der Waals surface area (Å²) in [7, 11) is 4.03. The molecule has 1 fully saturated rings. The van der Waals surface area contributed by atoms with E-state index in [1.54, 1.807) is 12.1 Å². The van der Waals surface area contributed by atoms with E-state index >= 15 is 0 Å². The second-order valence-corrected chi connectivity index (χ2v) is 7.78. The Kier molecular flexibility index (Phi) is 4.07. The fraction of sp³-hybridized carbons (Fsp3) is 0.474. The Bertz CT molecular complexity index is 649. The molecule has 2 aliphatic rings.